The van der Waals surface area contributed by atoms with E-state index in [4.69, 9.17) is 0 Å². The minimum atomic E-state index is -0.606. The molecule has 0 aliphatic heterocycles. The summed E-state index contributed by atoms with van der Waals surface area (Å²) in [5.41, 5.74) is 0.885. The highest BCUT2D eigenvalue weighted by atomic mass is 32.1. The fourth-order valence-corrected chi connectivity index (χ4v) is 3.65. The fraction of sp³-hybridized carbons (Fsp3) is 0.421. The second-order valence-corrected chi connectivity index (χ2v) is 7.87. The Labute approximate surface area is 165 Å². The van der Waals surface area contributed by atoms with Gasteiger partial charge in [0, 0.05) is 23.3 Å². The molecule has 3 rings (SSSR count). The van der Waals surface area contributed by atoms with E-state index in [9.17, 15) is 14.4 Å². The lowest BCUT2D eigenvalue weighted by atomic mass is 10.0. The van der Waals surface area contributed by atoms with E-state index in [0.29, 0.717) is 18.7 Å². The van der Waals surface area contributed by atoms with Crippen molar-refractivity contribution < 1.29 is 4.79 Å². The smallest absolute Gasteiger partial charge is 0.329 e. The van der Waals surface area contributed by atoms with Crippen LogP contribution in [0.1, 0.15) is 59.9 Å². The molecule has 0 radical (unpaired) electrons. The van der Waals surface area contributed by atoms with E-state index in [1.165, 1.54) is 15.9 Å². The first-order valence-electron chi connectivity index (χ1n) is 9.18. The molecule has 0 fully saturated rings. The molecule has 0 atom stereocenters. The Balaban J connectivity index is 2.14. The van der Waals surface area contributed by atoms with Gasteiger partial charge in [-0.1, -0.05) is 20.8 Å². The van der Waals surface area contributed by atoms with Gasteiger partial charge >= 0.3 is 5.69 Å². The van der Waals surface area contributed by atoms with Crippen LogP contribution in [0.2, 0.25) is 0 Å². The number of carbonyl (C=O) groups is 1. The molecule has 3 heterocycles. The summed E-state index contributed by atoms with van der Waals surface area (Å²) in [5, 5.41) is 5.64. The number of amides is 1. The Kier molecular flexibility index (Phi) is 5.73. The molecule has 0 aliphatic rings. The quantitative estimate of drug-likeness (QED) is 0.659. The van der Waals surface area contributed by atoms with Crippen LogP contribution in [0, 0.1) is 6.92 Å². The molecule has 0 bridgehead atoms. The topological polar surface area (TPSA) is 110 Å². The van der Waals surface area contributed by atoms with E-state index in [1.807, 2.05) is 33.1 Å². The molecule has 0 spiro atoms. The van der Waals surface area contributed by atoms with Gasteiger partial charge in [0.2, 0.25) is 0 Å². The number of carbonyl (C=O) groups excluding carboxylic acids is 1. The second kappa shape index (κ2) is 8.05. The van der Waals surface area contributed by atoms with Gasteiger partial charge in [0.1, 0.15) is 5.01 Å². The highest BCUT2D eigenvalue weighted by molar-refractivity contribution is 7.09. The maximum atomic E-state index is 12.9. The molecule has 0 aliphatic carbocycles. The Bertz CT molecular complexity index is 1140. The second-order valence-electron chi connectivity index (χ2n) is 6.92. The molecule has 0 aromatic carbocycles. The largest absolute Gasteiger partial charge is 0.345 e. The Morgan fingerprint density at radius 1 is 1.32 bits per heavy atom. The monoisotopic (exact) mass is 401 g/mol. The number of hydrogen-bond donors (Lipinski definition) is 2. The number of aromatic nitrogens is 4. The SMILES string of the molecule is CCCn1c(=O)[nH]c(=O)c2c(C(=O)NCc3nc(C)cs3)cc(C(C)C)nc21. The Hall–Kier alpha value is -2.81. The number of thiazole rings is 1. The van der Waals surface area contributed by atoms with Gasteiger partial charge in [-0.2, -0.15) is 0 Å². The van der Waals surface area contributed by atoms with Crippen molar-refractivity contribution in [2.24, 2.45) is 0 Å². The summed E-state index contributed by atoms with van der Waals surface area (Å²) in [5.74, 6) is -0.364. The average molecular weight is 401 g/mol. The summed E-state index contributed by atoms with van der Waals surface area (Å²) in [6.07, 6.45) is 0.694. The fourth-order valence-electron chi connectivity index (χ4n) is 2.93. The summed E-state index contributed by atoms with van der Waals surface area (Å²) in [4.78, 5) is 48.9. The van der Waals surface area contributed by atoms with Crippen LogP contribution in [0.4, 0.5) is 0 Å². The van der Waals surface area contributed by atoms with Crippen molar-refractivity contribution >= 4 is 28.3 Å². The van der Waals surface area contributed by atoms with Gasteiger partial charge < -0.3 is 5.32 Å². The zero-order valence-corrected chi connectivity index (χ0v) is 17.1. The third-order valence-corrected chi connectivity index (χ3v) is 5.29. The molecule has 1 amide bonds. The van der Waals surface area contributed by atoms with Gasteiger partial charge in [-0.3, -0.25) is 19.1 Å². The predicted octanol–water partition coefficient (Wildman–Crippen LogP) is 2.31. The zero-order chi connectivity index (χ0) is 20.4. The lowest BCUT2D eigenvalue weighted by molar-refractivity contribution is 0.0952. The number of H-pyrrole nitrogens is 1. The molecule has 8 nitrogen and oxygen atoms in total. The molecule has 3 aromatic rings. The van der Waals surface area contributed by atoms with Gasteiger partial charge in [-0.15, -0.1) is 11.3 Å². The minimum absolute atomic E-state index is 0.0297. The van der Waals surface area contributed by atoms with E-state index in [2.05, 4.69) is 20.3 Å². The molecule has 0 saturated heterocycles. The number of aryl methyl sites for hydroxylation is 2. The summed E-state index contributed by atoms with van der Waals surface area (Å²) >= 11 is 1.46. The molecule has 148 valence electrons. The third kappa shape index (κ3) is 3.89. The molecule has 28 heavy (non-hydrogen) atoms. The number of pyridine rings is 1. The van der Waals surface area contributed by atoms with Gasteiger partial charge in [-0.05, 0) is 25.3 Å². The van der Waals surface area contributed by atoms with Crippen molar-refractivity contribution in [2.45, 2.75) is 53.1 Å². The van der Waals surface area contributed by atoms with Gasteiger partial charge in [0.15, 0.2) is 5.65 Å². The molecule has 0 unspecified atom stereocenters. The van der Waals surface area contributed by atoms with Crippen LogP contribution in [0.25, 0.3) is 11.0 Å². The van der Waals surface area contributed by atoms with E-state index in [1.54, 1.807) is 6.07 Å². The van der Waals surface area contributed by atoms with E-state index in [0.717, 1.165) is 10.7 Å². The summed E-state index contributed by atoms with van der Waals surface area (Å²) < 4.78 is 1.42. The Morgan fingerprint density at radius 3 is 2.68 bits per heavy atom. The maximum absolute atomic E-state index is 12.9. The first kappa shape index (κ1) is 19.9. The van der Waals surface area contributed by atoms with E-state index in [-0.39, 0.29) is 29.1 Å². The standard InChI is InChI=1S/C19H23N5O3S/c1-5-6-24-16-15(18(26)23-19(24)27)12(7-13(22-16)10(2)3)17(25)20-8-14-21-11(4)9-28-14/h7,9-10H,5-6,8H2,1-4H3,(H,20,25)(H,23,26,27). The average Bonchev–Trinajstić information content (AvgIpc) is 3.07. The van der Waals surface area contributed by atoms with E-state index >= 15 is 0 Å². The number of rotatable bonds is 6. The van der Waals surface area contributed by atoms with Gasteiger partial charge in [0.05, 0.1) is 17.5 Å². The number of fused-ring (bicyclic) bond motifs is 1. The van der Waals surface area contributed by atoms with Crippen LogP contribution >= 0.6 is 11.3 Å². The lowest BCUT2D eigenvalue weighted by Crippen LogP contribution is -2.33. The van der Waals surface area contributed by atoms with Crippen LogP contribution in [-0.2, 0) is 13.1 Å². The third-order valence-electron chi connectivity index (χ3n) is 4.32. The number of hydrogen-bond acceptors (Lipinski definition) is 6. The van der Waals surface area contributed by atoms with Crippen LogP contribution in [0.5, 0.6) is 0 Å². The van der Waals surface area contributed by atoms with Crippen LogP contribution in [-0.4, -0.2) is 25.4 Å². The van der Waals surface area contributed by atoms with Crippen LogP contribution in [0.15, 0.2) is 21.0 Å². The normalized spacial score (nSPS) is 11.3. The summed E-state index contributed by atoms with van der Waals surface area (Å²) in [6, 6.07) is 1.63. The minimum Gasteiger partial charge on any atom is -0.345 e. The zero-order valence-electron chi connectivity index (χ0n) is 16.3. The molecular weight excluding hydrogens is 378 g/mol. The predicted molar refractivity (Wildman–Crippen MR) is 109 cm³/mol. The van der Waals surface area contributed by atoms with E-state index < -0.39 is 17.2 Å². The molecular formula is C19H23N5O3S. The first-order chi connectivity index (χ1) is 13.3. The van der Waals surface area contributed by atoms with Gasteiger partial charge in [0.25, 0.3) is 11.5 Å². The molecule has 2 N–H and O–H groups in total. The molecule has 9 heteroatoms. The number of aromatic amines is 1. The highest BCUT2D eigenvalue weighted by Crippen LogP contribution is 2.20. The van der Waals surface area contributed by atoms with Crippen molar-refractivity contribution in [3.8, 4) is 0 Å². The lowest BCUT2D eigenvalue weighted by Gasteiger charge is -2.14. The van der Waals surface area contributed by atoms with Crippen molar-refractivity contribution in [3.05, 3.63) is 54.2 Å². The van der Waals surface area contributed by atoms with Crippen molar-refractivity contribution in [3.63, 3.8) is 0 Å². The van der Waals surface area contributed by atoms with Crippen molar-refractivity contribution in [1.82, 2.24) is 24.8 Å². The summed E-state index contributed by atoms with van der Waals surface area (Å²) in [7, 11) is 0. The Morgan fingerprint density at radius 2 is 2.07 bits per heavy atom. The maximum Gasteiger partial charge on any atom is 0.329 e. The number of nitrogens with one attached hydrogen (secondary N) is 2. The van der Waals surface area contributed by atoms with Crippen LogP contribution < -0.4 is 16.6 Å². The molecule has 0 saturated carbocycles. The first-order valence-corrected chi connectivity index (χ1v) is 10.1. The van der Waals surface area contributed by atoms with Crippen molar-refractivity contribution in [2.75, 3.05) is 0 Å². The van der Waals surface area contributed by atoms with Crippen LogP contribution in [0.3, 0.4) is 0 Å². The summed E-state index contributed by atoms with van der Waals surface area (Å²) in [6.45, 7) is 8.39. The highest BCUT2D eigenvalue weighted by Gasteiger charge is 2.20. The molecule has 3 aromatic heterocycles. The van der Waals surface area contributed by atoms with Gasteiger partial charge in [-0.25, -0.2) is 14.8 Å². The van der Waals surface area contributed by atoms with Crippen molar-refractivity contribution in [1.29, 1.82) is 0 Å². The number of nitrogens with zero attached hydrogens (tertiary/aromatic N) is 3.